The Labute approximate surface area is 191 Å². The molecule has 1 heterocycles. The van der Waals surface area contributed by atoms with Crippen LogP contribution in [0.2, 0.25) is 5.02 Å². The first-order chi connectivity index (χ1) is 15.0. The lowest BCUT2D eigenvalue weighted by Gasteiger charge is -2.17. The first-order valence-electron chi connectivity index (χ1n) is 9.88. The highest BCUT2D eigenvalue weighted by Crippen LogP contribution is 2.26. The summed E-state index contributed by atoms with van der Waals surface area (Å²) in [4.78, 5) is 12.3. The van der Waals surface area contributed by atoms with Crippen LogP contribution in [0, 0.1) is 6.92 Å². The Morgan fingerprint density at radius 3 is 2.71 bits per heavy atom. The number of ether oxygens (including phenoxy) is 1. The fourth-order valence-electron chi connectivity index (χ4n) is 2.92. The van der Waals surface area contributed by atoms with Gasteiger partial charge in [-0.2, -0.15) is 0 Å². The van der Waals surface area contributed by atoms with Gasteiger partial charge in [0.1, 0.15) is 5.75 Å². The van der Waals surface area contributed by atoms with E-state index in [4.69, 9.17) is 16.3 Å². The molecule has 3 rings (SSSR count). The summed E-state index contributed by atoms with van der Waals surface area (Å²) in [7, 11) is 0. The molecule has 162 valence electrons. The molecule has 0 spiro atoms. The summed E-state index contributed by atoms with van der Waals surface area (Å²) in [6.07, 6.45) is 1.47. The van der Waals surface area contributed by atoms with Gasteiger partial charge >= 0.3 is 0 Å². The Kier molecular flexibility index (Phi) is 8.14. The van der Waals surface area contributed by atoms with E-state index in [9.17, 15) is 4.79 Å². The van der Waals surface area contributed by atoms with Gasteiger partial charge < -0.3 is 10.1 Å². The second-order valence-electron chi connectivity index (χ2n) is 6.96. The van der Waals surface area contributed by atoms with Crippen molar-refractivity contribution in [2.45, 2.75) is 38.2 Å². The van der Waals surface area contributed by atoms with Gasteiger partial charge in [0, 0.05) is 18.1 Å². The minimum Gasteiger partial charge on any atom is -0.482 e. The molecular weight excluding hydrogens is 432 g/mol. The van der Waals surface area contributed by atoms with Crippen molar-refractivity contribution in [1.29, 1.82) is 0 Å². The minimum atomic E-state index is -0.304. The molecule has 0 aliphatic rings. The number of amides is 1. The van der Waals surface area contributed by atoms with Crippen LogP contribution in [0.5, 0.6) is 5.75 Å². The van der Waals surface area contributed by atoms with Gasteiger partial charge in [-0.1, -0.05) is 59.8 Å². The Morgan fingerprint density at radius 1 is 1.26 bits per heavy atom. The third-order valence-electron chi connectivity index (χ3n) is 4.55. The quantitative estimate of drug-likeness (QED) is 0.344. The maximum absolute atomic E-state index is 12.3. The zero-order valence-corrected chi connectivity index (χ0v) is 19.1. The molecule has 31 heavy (non-hydrogen) atoms. The number of aromatic nitrogens is 3. The molecule has 6 nitrogen and oxygen atoms in total. The molecule has 1 N–H and O–H groups in total. The number of rotatable bonds is 10. The number of hydrogen-bond acceptors (Lipinski definition) is 5. The van der Waals surface area contributed by atoms with Crippen LogP contribution in [0.4, 0.5) is 0 Å². The molecule has 0 unspecified atom stereocenters. The lowest BCUT2D eigenvalue weighted by molar-refractivity contribution is -0.118. The van der Waals surface area contributed by atoms with E-state index in [-0.39, 0.29) is 17.8 Å². The molecule has 1 atom stereocenters. The summed E-state index contributed by atoms with van der Waals surface area (Å²) in [6.45, 7) is 8.73. The SMILES string of the molecule is C=CCn1c(SCC(=O)NCc2ccc(Cl)cc2)nnc1[C@H](C)Oc1ccccc1C. The van der Waals surface area contributed by atoms with Gasteiger partial charge in [0.25, 0.3) is 0 Å². The number of nitrogens with one attached hydrogen (secondary N) is 1. The molecule has 0 fully saturated rings. The fraction of sp³-hybridized carbons (Fsp3) is 0.261. The van der Waals surface area contributed by atoms with E-state index in [1.165, 1.54) is 11.8 Å². The van der Waals surface area contributed by atoms with Crippen molar-refractivity contribution in [1.82, 2.24) is 20.1 Å². The number of halogens is 1. The fourth-order valence-corrected chi connectivity index (χ4v) is 3.83. The first kappa shape index (κ1) is 22.9. The molecule has 0 saturated carbocycles. The highest BCUT2D eigenvalue weighted by molar-refractivity contribution is 7.99. The number of nitrogens with zero attached hydrogens (tertiary/aromatic N) is 3. The van der Waals surface area contributed by atoms with Crippen LogP contribution < -0.4 is 10.1 Å². The minimum absolute atomic E-state index is 0.0844. The summed E-state index contributed by atoms with van der Waals surface area (Å²) in [6, 6.07) is 15.2. The van der Waals surface area contributed by atoms with E-state index < -0.39 is 0 Å². The van der Waals surface area contributed by atoms with Crippen molar-refractivity contribution in [2.24, 2.45) is 0 Å². The highest BCUT2D eigenvalue weighted by Gasteiger charge is 2.20. The van der Waals surface area contributed by atoms with Crippen LogP contribution in [0.3, 0.4) is 0 Å². The van der Waals surface area contributed by atoms with E-state index >= 15 is 0 Å². The summed E-state index contributed by atoms with van der Waals surface area (Å²) in [5.74, 6) is 1.64. The van der Waals surface area contributed by atoms with E-state index in [1.54, 1.807) is 18.2 Å². The number of carbonyl (C=O) groups is 1. The van der Waals surface area contributed by atoms with Gasteiger partial charge in [-0.25, -0.2) is 0 Å². The third kappa shape index (κ3) is 6.35. The van der Waals surface area contributed by atoms with Gasteiger partial charge in [0.2, 0.25) is 5.91 Å². The zero-order valence-electron chi connectivity index (χ0n) is 17.5. The van der Waals surface area contributed by atoms with Crippen molar-refractivity contribution in [3.8, 4) is 5.75 Å². The summed E-state index contributed by atoms with van der Waals surface area (Å²) < 4.78 is 8.02. The topological polar surface area (TPSA) is 69.0 Å². The monoisotopic (exact) mass is 456 g/mol. The van der Waals surface area contributed by atoms with Gasteiger partial charge in [-0.15, -0.1) is 16.8 Å². The maximum atomic E-state index is 12.3. The summed E-state index contributed by atoms with van der Waals surface area (Å²) in [5, 5.41) is 12.8. The average molecular weight is 457 g/mol. The van der Waals surface area contributed by atoms with Crippen molar-refractivity contribution >= 4 is 29.3 Å². The second kappa shape index (κ2) is 11.0. The van der Waals surface area contributed by atoms with Crippen LogP contribution in [0.25, 0.3) is 0 Å². The Bertz CT molecular complexity index is 1040. The van der Waals surface area contributed by atoms with Crippen molar-refractivity contribution in [3.05, 3.63) is 83.2 Å². The zero-order chi connectivity index (χ0) is 22.2. The largest absolute Gasteiger partial charge is 0.482 e. The van der Waals surface area contributed by atoms with Gasteiger partial charge in [-0.3, -0.25) is 9.36 Å². The third-order valence-corrected chi connectivity index (χ3v) is 5.77. The number of benzene rings is 2. The first-order valence-corrected chi connectivity index (χ1v) is 11.2. The summed E-state index contributed by atoms with van der Waals surface area (Å²) in [5.41, 5.74) is 2.04. The molecule has 1 amide bonds. The normalized spacial score (nSPS) is 11.7. The van der Waals surface area contributed by atoms with Crippen molar-refractivity contribution in [2.75, 3.05) is 5.75 Å². The molecule has 0 aliphatic heterocycles. The number of para-hydroxylation sites is 1. The van der Waals surface area contributed by atoms with E-state index in [0.717, 1.165) is 16.9 Å². The predicted molar refractivity (Wildman–Crippen MR) is 124 cm³/mol. The molecule has 0 saturated heterocycles. The molecule has 0 bridgehead atoms. The standard InChI is InChI=1S/C23H25ClN4O2S/c1-4-13-28-22(17(3)30-20-8-6-5-7-16(20)2)26-27-23(28)31-15-21(29)25-14-18-9-11-19(24)12-10-18/h4-12,17H,1,13-15H2,2-3H3,(H,25,29)/t17-/m0/s1. The number of aryl methyl sites for hydroxylation is 1. The van der Waals surface area contributed by atoms with Crippen LogP contribution in [-0.2, 0) is 17.9 Å². The molecule has 1 aromatic heterocycles. The van der Waals surface area contributed by atoms with Gasteiger partial charge in [0.15, 0.2) is 17.1 Å². The molecule has 8 heteroatoms. The van der Waals surface area contributed by atoms with Gasteiger partial charge in [0.05, 0.1) is 5.75 Å². The molecule has 0 radical (unpaired) electrons. The number of carbonyl (C=O) groups excluding carboxylic acids is 1. The smallest absolute Gasteiger partial charge is 0.230 e. The van der Waals surface area contributed by atoms with Crippen LogP contribution >= 0.6 is 23.4 Å². The predicted octanol–water partition coefficient (Wildman–Crippen LogP) is 4.97. The van der Waals surface area contributed by atoms with Crippen LogP contribution in [-0.4, -0.2) is 26.4 Å². The number of hydrogen-bond donors (Lipinski definition) is 1. The lowest BCUT2D eigenvalue weighted by Crippen LogP contribution is -2.24. The van der Waals surface area contributed by atoms with Crippen LogP contribution in [0.15, 0.2) is 66.3 Å². The Hall–Kier alpha value is -2.77. The molecule has 3 aromatic rings. The molecule has 2 aromatic carbocycles. The average Bonchev–Trinajstić information content (AvgIpc) is 3.16. The molecular formula is C23H25ClN4O2S. The Balaban J connectivity index is 1.61. The maximum Gasteiger partial charge on any atom is 0.230 e. The molecule has 0 aliphatic carbocycles. The van der Waals surface area contributed by atoms with E-state index in [0.29, 0.717) is 29.1 Å². The van der Waals surface area contributed by atoms with Crippen molar-refractivity contribution < 1.29 is 9.53 Å². The van der Waals surface area contributed by atoms with E-state index in [1.807, 2.05) is 54.8 Å². The number of allylic oxidation sites excluding steroid dienone is 1. The summed E-state index contributed by atoms with van der Waals surface area (Å²) >= 11 is 7.22. The van der Waals surface area contributed by atoms with Crippen molar-refractivity contribution in [3.63, 3.8) is 0 Å². The van der Waals surface area contributed by atoms with Gasteiger partial charge in [-0.05, 0) is 43.2 Å². The second-order valence-corrected chi connectivity index (χ2v) is 8.34. The Morgan fingerprint density at radius 2 is 2.00 bits per heavy atom. The van der Waals surface area contributed by atoms with Crippen LogP contribution in [0.1, 0.15) is 30.0 Å². The lowest BCUT2D eigenvalue weighted by atomic mass is 10.2. The van der Waals surface area contributed by atoms with E-state index in [2.05, 4.69) is 22.1 Å². The highest BCUT2D eigenvalue weighted by atomic mass is 35.5. The number of thioether (sulfide) groups is 1.